The molecule has 1 aliphatic carbocycles. The number of hydrogen-bond donors (Lipinski definition) is 3. The lowest BCUT2D eigenvalue weighted by Crippen LogP contribution is -2.24. The van der Waals surface area contributed by atoms with Crippen molar-refractivity contribution in [2.75, 3.05) is 10.6 Å². The second-order valence-corrected chi connectivity index (χ2v) is 5.86. The van der Waals surface area contributed by atoms with Crippen LogP contribution in [-0.4, -0.2) is 17.2 Å². The first-order valence-electron chi connectivity index (χ1n) is 7.24. The monoisotopic (exact) mass is 316 g/mol. The van der Waals surface area contributed by atoms with Gasteiger partial charge in [0.2, 0.25) is 0 Å². The van der Waals surface area contributed by atoms with Crippen LogP contribution in [0.4, 0.5) is 16.2 Å². The highest BCUT2D eigenvalue weighted by Crippen LogP contribution is 2.28. The number of carbonyl (C=O) groups is 1. The molecule has 0 saturated carbocycles. The quantitative estimate of drug-likeness (QED) is 0.788. The standard InChI is InChI=1S/C17H17ClN2O2/c18-12-5-7-13(8-6-12)19-17(22)20-16-3-1-2-11-4-9-14(21)10-15(11)16/h1-3,5-8,14,21H,4,9-10H2,(H2,19,20,22)/t14-/m1/s1. The molecule has 3 N–H and O–H groups in total. The summed E-state index contributed by atoms with van der Waals surface area (Å²) in [6.45, 7) is 0. The number of aliphatic hydroxyl groups is 1. The van der Waals surface area contributed by atoms with E-state index in [9.17, 15) is 9.90 Å². The average Bonchev–Trinajstić information content (AvgIpc) is 2.50. The van der Waals surface area contributed by atoms with Crippen molar-refractivity contribution >= 4 is 29.0 Å². The number of benzene rings is 2. The second kappa shape index (κ2) is 6.38. The molecular formula is C17H17ClN2O2. The molecule has 1 atom stereocenters. The summed E-state index contributed by atoms with van der Waals surface area (Å²) in [5.41, 5.74) is 3.64. The Kier molecular flexibility index (Phi) is 4.32. The van der Waals surface area contributed by atoms with Crippen LogP contribution in [0.25, 0.3) is 0 Å². The molecule has 4 nitrogen and oxygen atoms in total. The van der Waals surface area contributed by atoms with Crippen molar-refractivity contribution in [3.8, 4) is 0 Å². The molecule has 2 aromatic rings. The molecule has 1 aliphatic rings. The Bertz CT molecular complexity index is 686. The number of nitrogens with one attached hydrogen (secondary N) is 2. The Morgan fingerprint density at radius 3 is 2.68 bits per heavy atom. The minimum Gasteiger partial charge on any atom is -0.393 e. The third-order valence-corrected chi connectivity index (χ3v) is 4.06. The molecular weight excluding hydrogens is 300 g/mol. The van der Waals surface area contributed by atoms with Crippen molar-refractivity contribution in [3.63, 3.8) is 0 Å². The maximum absolute atomic E-state index is 12.1. The van der Waals surface area contributed by atoms with Crippen LogP contribution in [0.1, 0.15) is 17.5 Å². The van der Waals surface area contributed by atoms with Crippen LogP contribution in [-0.2, 0) is 12.8 Å². The first kappa shape index (κ1) is 14.9. The van der Waals surface area contributed by atoms with Crippen molar-refractivity contribution in [1.29, 1.82) is 0 Å². The molecule has 0 saturated heterocycles. The number of amides is 2. The Morgan fingerprint density at radius 1 is 1.14 bits per heavy atom. The van der Waals surface area contributed by atoms with Crippen LogP contribution in [0, 0.1) is 0 Å². The maximum atomic E-state index is 12.1. The van der Waals surface area contributed by atoms with E-state index in [4.69, 9.17) is 11.6 Å². The average molecular weight is 317 g/mol. The van der Waals surface area contributed by atoms with Crippen LogP contribution < -0.4 is 10.6 Å². The molecule has 0 bridgehead atoms. The zero-order valence-electron chi connectivity index (χ0n) is 12.0. The third kappa shape index (κ3) is 3.40. The molecule has 0 unspecified atom stereocenters. The van der Waals surface area contributed by atoms with Gasteiger partial charge in [0.15, 0.2) is 0 Å². The molecule has 0 spiro atoms. The Hall–Kier alpha value is -2.04. The van der Waals surface area contributed by atoms with Gasteiger partial charge in [-0.3, -0.25) is 0 Å². The van der Waals surface area contributed by atoms with Gasteiger partial charge in [-0.1, -0.05) is 23.7 Å². The van der Waals surface area contributed by atoms with E-state index in [1.165, 1.54) is 5.56 Å². The summed E-state index contributed by atoms with van der Waals surface area (Å²) in [5, 5.41) is 16.1. The fourth-order valence-electron chi connectivity index (χ4n) is 2.70. The lowest BCUT2D eigenvalue weighted by Gasteiger charge is -2.23. The molecule has 0 aromatic heterocycles. The number of aryl methyl sites for hydroxylation is 1. The first-order chi connectivity index (χ1) is 10.6. The number of hydrogen-bond acceptors (Lipinski definition) is 2. The lowest BCUT2D eigenvalue weighted by atomic mass is 9.88. The van der Waals surface area contributed by atoms with Crippen LogP contribution >= 0.6 is 11.6 Å². The van der Waals surface area contributed by atoms with Crippen molar-refractivity contribution in [2.45, 2.75) is 25.4 Å². The fraction of sp³-hybridized carbons (Fsp3) is 0.235. The predicted molar refractivity (Wildman–Crippen MR) is 88.6 cm³/mol. The molecule has 2 amide bonds. The van der Waals surface area contributed by atoms with Crippen molar-refractivity contribution in [1.82, 2.24) is 0 Å². The van der Waals surface area contributed by atoms with E-state index in [0.29, 0.717) is 17.1 Å². The number of halogens is 1. The fourth-order valence-corrected chi connectivity index (χ4v) is 2.83. The van der Waals surface area contributed by atoms with Crippen molar-refractivity contribution in [3.05, 3.63) is 58.6 Å². The Balaban J connectivity index is 1.73. The Labute approximate surface area is 134 Å². The largest absolute Gasteiger partial charge is 0.393 e. The van der Waals surface area contributed by atoms with Gasteiger partial charge in [0.25, 0.3) is 0 Å². The number of fused-ring (bicyclic) bond motifs is 1. The minimum atomic E-state index is -0.338. The summed E-state index contributed by atoms with van der Waals surface area (Å²) in [7, 11) is 0. The molecule has 0 fully saturated rings. The smallest absolute Gasteiger partial charge is 0.323 e. The van der Waals surface area contributed by atoms with Crippen LogP contribution in [0.15, 0.2) is 42.5 Å². The summed E-state index contributed by atoms with van der Waals surface area (Å²) in [6.07, 6.45) is 1.85. The first-order valence-corrected chi connectivity index (χ1v) is 7.62. The van der Waals surface area contributed by atoms with Crippen molar-refractivity contribution < 1.29 is 9.90 Å². The number of urea groups is 1. The molecule has 0 heterocycles. The lowest BCUT2D eigenvalue weighted by molar-refractivity contribution is 0.159. The highest BCUT2D eigenvalue weighted by molar-refractivity contribution is 6.30. The highest BCUT2D eigenvalue weighted by atomic mass is 35.5. The number of carbonyl (C=O) groups excluding carboxylic acids is 1. The normalized spacial score (nSPS) is 16.7. The zero-order valence-corrected chi connectivity index (χ0v) is 12.7. The van der Waals surface area contributed by atoms with E-state index in [1.54, 1.807) is 24.3 Å². The van der Waals surface area contributed by atoms with Crippen LogP contribution in [0.5, 0.6) is 0 Å². The van der Waals surface area contributed by atoms with Crippen LogP contribution in [0.3, 0.4) is 0 Å². The van der Waals surface area contributed by atoms with Gasteiger partial charge >= 0.3 is 6.03 Å². The number of aliphatic hydroxyl groups excluding tert-OH is 1. The summed E-state index contributed by atoms with van der Waals surface area (Å²) in [4.78, 5) is 12.1. The van der Waals surface area contributed by atoms with E-state index < -0.39 is 0 Å². The van der Waals surface area contributed by atoms with Gasteiger partial charge in [-0.25, -0.2) is 4.79 Å². The molecule has 22 heavy (non-hydrogen) atoms. The molecule has 0 aliphatic heterocycles. The maximum Gasteiger partial charge on any atom is 0.323 e. The molecule has 0 radical (unpaired) electrons. The van der Waals surface area contributed by atoms with E-state index in [0.717, 1.165) is 24.1 Å². The van der Waals surface area contributed by atoms with Crippen LogP contribution in [0.2, 0.25) is 5.02 Å². The topological polar surface area (TPSA) is 61.4 Å². The van der Waals surface area contributed by atoms with E-state index in [-0.39, 0.29) is 12.1 Å². The van der Waals surface area contributed by atoms with E-state index in [2.05, 4.69) is 10.6 Å². The van der Waals surface area contributed by atoms with Gasteiger partial charge < -0.3 is 15.7 Å². The highest BCUT2D eigenvalue weighted by Gasteiger charge is 2.19. The van der Waals surface area contributed by atoms with Crippen molar-refractivity contribution in [2.24, 2.45) is 0 Å². The summed E-state index contributed by atoms with van der Waals surface area (Å²) < 4.78 is 0. The Morgan fingerprint density at radius 2 is 1.91 bits per heavy atom. The zero-order chi connectivity index (χ0) is 15.5. The van der Waals surface area contributed by atoms with E-state index in [1.807, 2.05) is 18.2 Å². The summed E-state index contributed by atoms with van der Waals surface area (Å²) >= 11 is 5.82. The SMILES string of the molecule is O=C(Nc1ccc(Cl)cc1)Nc1cccc2c1C[C@H](O)CC2. The number of rotatable bonds is 2. The number of anilines is 2. The minimum absolute atomic E-state index is 0.309. The van der Waals surface area contributed by atoms with Gasteiger partial charge in [-0.15, -0.1) is 0 Å². The van der Waals surface area contributed by atoms with Gasteiger partial charge in [0, 0.05) is 22.8 Å². The van der Waals surface area contributed by atoms with Gasteiger partial charge in [0.1, 0.15) is 0 Å². The predicted octanol–water partition coefficient (Wildman–Crippen LogP) is 3.83. The molecule has 114 valence electrons. The molecule has 2 aromatic carbocycles. The van der Waals surface area contributed by atoms with Gasteiger partial charge in [-0.2, -0.15) is 0 Å². The van der Waals surface area contributed by atoms with Gasteiger partial charge in [0.05, 0.1) is 6.10 Å². The summed E-state index contributed by atoms with van der Waals surface area (Å²) in [6, 6.07) is 12.4. The molecule has 5 heteroatoms. The summed E-state index contributed by atoms with van der Waals surface area (Å²) in [5.74, 6) is 0. The van der Waals surface area contributed by atoms with Gasteiger partial charge in [-0.05, 0) is 54.3 Å². The third-order valence-electron chi connectivity index (χ3n) is 3.81. The second-order valence-electron chi connectivity index (χ2n) is 5.43. The molecule has 3 rings (SSSR count). The van der Waals surface area contributed by atoms with E-state index >= 15 is 0 Å².